The van der Waals surface area contributed by atoms with Crippen LogP contribution in [0.4, 0.5) is 0 Å². The quantitative estimate of drug-likeness (QED) is 0.350. The number of nitrogens with zero attached hydrogens (tertiary/aromatic N) is 1. The van der Waals surface area contributed by atoms with Crippen LogP contribution >= 0.6 is 11.6 Å². The standard InChI is InChI=1S/C14H13ClN2O3/c15-10-3-6-12(14(16)17-19)13(7-10)20-8-9-1-4-11(18)5-2-9/h1-7,18-19H,8H2,(H2,16,17). The monoisotopic (exact) mass is 292 g/mol. The summed E-state index contributed by atoms with van der Waals surface area (Å²) in [5.74, 6) is 0.553. The van der Waals surface area contributed by atoms with E-state index in [9.17, 15) is 5.11 Å². The highest BCUT2D eigenvalue weighted by atomic mass is 35.5. The smallest absolute Gasteiger partial charge is 0.173 e. The van der Waals surface area contributed by atoms with Crippen LogP contribution < -0.4 is 10.5 Å². The van der Waals surface area contributed by atoms with Gasteiger partial charge in [-0.25, -0.2) is 0 Å². The molecule has 2 rings (SSSR count). The predicted molar refractivity (Wildman–Crippen MR) is 76.4 cm³/mol. The summed E-state index contributed by atoms with van der Waals surface area (Å²) in [5.41, 5.74) is 6.90. The van der Waals surface area contributed by atoms with Gasteiger partial charge in [-0.3, -0.25) is 0 Å². The van der Waals surface area contributed by atoms with Crippen molar-refractivity contribution in [1.29, 1.82) is 0 Å². The molecule has 0 amide bonds. The van der Waals surface area contributed by atoms with Crippen molar-refractivity contribution in [2.24, 2.45) is 10.9 Å². The summed E-state index contributed by atoms with van der Waals surface area (Å²) in [4.78, 5) is 0. The maximum atomic E-state index is 9.21. The number of hydrogen-bond donors (Lipinski definition) is 3. The summed E-state index contributed by atoms with van der Waals surface area (Å²) in [6, 6.07) is 11.5. The van der Waals surface area contributed by atoms with Gasteiger partial charge < -0.3 is 20.8 Å². The molecule has 0 aromatic heterocycles. The zero-order valence-electron chi connectivity index (χ0n) is 10.5. The summed E-state index contributed by atoms with van der Waals surface area (Å²) in [7, 11) is 0. The molecule has 0 unspecified atom stereocenters. The highest BCUT2D eigenvalue weighted by Crippen LogP contribution is 2.24. The topological polar surface area (TPSA) is 88.1 Å². The molecule has 0 atom stereocenters. The Bertz CT molecular complexity index is 627. The first-order valence-electron chi connectivity index (χ1n) is 5.78. The Labute approximate surface area is 120 Å². The molecule has 0 bridgehead atoms. The minimum atomic E-state index is -0.0534. The van der Waals surface area contributed by atoms with Gasteiger partial charge in [0, 0.05) is 5.02 Å². The van der Waals surface area contributed by atoms with Gasteiger partial charge in [0.25, 0.3) is 0 Å². The lowest BCUT2D eigenvalue weighted by Gasteiger charge is -2.11. The molecule has 2 aromatic rings. The van der Waals surface area contributed by atoms with Crippen LogP contribution in [0.1, 0.15) is 11.1 Å². The molecular formula is C14H13ClN2O3. The second-order valence-corrected chi connectivity index (χ2v) is 4.52. The maximum Gasteiger partial charge on any atom is 0.173 e. The fourth-order valence-electron chi connectivity index (χ4n) is 1.63. The van der Waals surface area contributed by atoms with Crippen LogP contribution in [-0.4, -0.2) is 16.1 Å². The van der Waals surface area contributed by atoms with Gasteiger partial charge in [0.15, 0.2) is 5.84 Å². The number of rotatable bonds is 4. The van der Waals surface area contributed by atoms with E-state index in [-0.39, 0.29) is 18.2 Å². The van der Waals surface area contributed by atoms with Crippen LogP contribution in [0.5, 0.6) is 11.5 Å². The fourth-order valence-corrected chi connectivity index (χ4v) is 1.80. The lowest BCUT2D eigenvalue weighted by molar-refractivity contribution is 0.303. The third-order valence-corrected chi connectivity index (χ3v) is 2.89. The van der Waals surface area contributed by atoms with Crippen LogP contribution in [0, 0.1) is 0 Å². The molecule has 0 heterocycles. The highest BCUT2D eigenvalue weighted by molar-refractivity contribution is 6.30. The molecule has 0 spiro atoms. The van der Waals surface area contributed by atoms with Crippen molar-refractivity contribution >= 4 is 17.4 Å². The van der Waals surface area contributed by atoms with Crippen molar-refractivity contribution in [3.05, 3.63) is 58.6 Å². The zero-order valence-corrected chi connectivity index (χ0v) is 11.2. The third-order valence-electron chi connectivity index (χ3n) is 2.66. The number of ether oxygens (including phenoxy) is 1. The number of halogens is 1. The molecule has 0 aliphatic carbocycles. The van der Waals surface area contributed by atoms with Crippen molar-refractivity contribution in [2.75, 3.05) is 0 Å². The van der Waals surface area contributed by atoms with Crippen LogP contribution in [0.25, 0.3) is 0 Å². The van der Waals surface area contributed by atoms with Gasteiger partial charge in [0.1, 0.15) is 18.1 Å². The summed E-state index contributed by atoms with van der Waals surface area (Å²) in [6.07, 6.45) is 0. The van der Waals surface area contributed by atoms with E-state index in [1.54, 1.807) is 42.5 Å². The number of phenols is 1. The largest absolute Gasteiger partial charge is 0.508 e. The lowest BCUT2D eigenvalue weighted by Crippen LogP contribution is -2.14. The highest BCUT2D eigenvalue weighted by Gasteiger charge is 2.09. The molecule has 20 heavy (non-hydrogen) atoms. The van der Waals surface area contributed by atoms with Crippen molar-refractivity contribution in [2.45, 2.75) is 6.61 Å². The second-order valence-electron chi connectivity index (χ2n) is 4.08. The minimum Gasteiger partial charge on any atom is -0.508 e. The maximum absolute atomic E-state index is 9.21. The number of aromatic hydroxyl groups is 1. The molecule has 0 aliphatic heterocycles. The van der Waals surface area contributed by atoms with Gasteiger partial charge in [0.2, 0.25) is 0 Å². The van der Waals surface area contributed by atoms with Crippen molar-refractivity contribution in [1.82, 2.24) is 0 Å². The minimum absolute atomic E-state index is 0.0534. The Hall–Kier alpha value is -2.40. The molecule has 4 N–H and O–H groups in total. The van der Waals surface area contributed by atoms with E-state index in [1.807, 2.05) is 0 Å². The second kappa shape index (κ2) is 6.16. The van der Waals surface area contributed by atoms with Gasteiger partial charge in [-0.05, 0) is 35.9 Å². The normalized spacial score (nSPS) is 11.3. The molecule has 6 heteroatoms. The number of oxime groups is 1. The van der Waals surface area contributed by atoms with E-state index in [4.69, 9.17) is 27.3 Å². The van der Waals surface area contributed by atoms with Crippen LogP contribution in [0.2, 0.25) is 5.02 Å². The first kappa shape index (κ1) is 14.0. The Morgan fingerprint density at radius 2 is 1.90 bits per heavy atom. The number of phenolic OH excluding ortho intramolecular Hbond substituents is 1. The average Bonchev–Trinajstić information content (AvgIpc) is 2.46. The number of amidine groups is 1. The van der Waals surface area contributed by atoms with Gasteiger partial charge in [-0.2, -0.15) is 0 Å². The number of nitrogens with two attached hydrogens (primary N) is 1. The molecule has 0 saturated heterocycles. The van der Waals surface area contributed by atoms with E-state index >= 15 is 0 Å². The van der Waals surface area contributed by atoms with E-state index in [0.717, 1.165) is 5.56 Å². The molecule has 0 saturated carbocycles. The molecular weight excluding hydrogens is 280 g/mol. The molecule has 104 valence electrons. The van der Waals surface area contributed by atoms with E-state index < -0.39 is 0 Å². The van der Waals surface area contributed by atoms with Gasteiger partial charge in [-0.15, -0.1) is 0 Å². The first-order chi connectivity index (χ1) is 9.60. The average molecular weight is 293 g/mol. The summed E-state index contributed by atoms with van der Waals surface area (Å²) >= 11 is 5.91. The summed E-state index contributed by atoms with van der Waals surface area (Å²) < 4.78 is 5.63. The molecule has 0 fully saturated rings. The van der Waals surface area contributed by atoms with Crippen molar-refractivity contribution < 1.29 is 15.1 Å². The van der Waals surface area contributed by atoms with E-state index in [2.05, 4.69) is 5.16 Å². The van der Waals surface area contributed by atoms with Crippen LogP contribution in [0.3, 0.4) is 0 Å². The van der Waals surface area contributed by atoms with Crippen LogP contribution in [-0.2, 0) is 6.61 Å². The van der Waals surface area contributed by atoms with Crippen molar-refractivity contribution in [3.8, 4) is 11.5 Å². The Morgan fingerprint density at radius 1 is 1.20 bits per heavy atom. The number of hydrogen-bond acceptors (Lipinski definition) is 4. The molecule has 0 radical (unpaired) electrons. The Kier molecular flexibility index (Phi) is 4.32. The van der Waals surface area contributed by atoms with E-state index in [1.165, 1.54) is 0 Å². The predicted octanol–water partition coefficient (Wildman–Crippen LogP) is 2.72. The van der Waals surface area contributed by atoms with Gasteiger partial charge >= 0.3 is 0 Å². The van der Waals surface area contributed by atoms with E-state index in [0.29, 0.717) is 16.3 Å². The summed E-state index contributed by atoms with van der Waals surface area (Å²) in [6.45, 7) is 0.270. The number of benzene rings is 2. The third kappa shape index (κ3) is 3.33. The lowest BCUT2D eigenvalue weighted by atomic mass is 10.2. The van der Waals surface area contributed by atoms with Crippen LogP contribution in [0.15, 0.2) is 47.6 Å². The molecule has 2 aromatic carbocycles. The van der Waals surface area contributed by atoms with Gasteiger partial charge in [0.05, 0.1) is 5.56 Å². The van der Waals surface area contributed by atoms with Gasteiger partial charge in [-0.1, -0.05) is 28.9 Å². The Balaban J connectivity index is 2.20. The SMILES string of the molecule is N/C(=N/O)c1ccc(Cl)cc1OCc1ccc(O)cc1. The van der Waals surface area contributed by atoms with Crippen molar-refractivity contribution in [3.63, 3.8) is 0 Å². The zero-order chi connectivity index (χ0) is 14.5. The Morgan fingerprint density at radius 3 is 2.55 bits per heavy atom. The first-order valence-corrected chi connectivity index (χ1v) is 6.16. The fraction of sp³-hybridized carbons (Fsp3) is 0.0714. The summed E-state index contributed by atoms with van der Waals surface area (Å²) in [5, 5.41) is 21.4. The molecule has 5 nitrogen and oxygen atoms in total. The molecule has 0 aliphatic rings.